The third-order valence-corrected chi connectivity index (χ3v) is 3.73. The van der Waals surface area contributed by atoms with E-state index in [-0.39, 0.29) is 12.5 Å². The Morgan fingerprint density at radius 2 is 2.00 bits per heavy atom. The van der Waals surface area contributed by atoms with Crippen LogP contribution in [0.3, 0.4) is 0 Å². The van der Waals surface area contributed by atoms with E-state index in [1.54, 1.807) is 31.6 Å². The maximum atomic E-state index is 12.5. The highest BCUT2D eigenvalue weighted by Crippen LogP contribution is 2.26. The zero-order valence-electron chi connectivity index (χ0n) is 15.3. The van der Waals surface area contributed by atoms with Gasteiger partial charge in [0.2, 0.25) is 0 Å². The maximum absolute atomic E-state index is 12.5. The number of esters is 1. The van der Waals surface area contributed by atoms with Crippen LogP contribution < -0.4 is 10.1 Å². The highest BCUT2D eigenvalue weighted by Gasteiger charge is 2.46. The Morgan fingerprint density at radius 3 is 2.58 bits per heavy atom. The van der Waals surface area contributed by atoms with Crippen LogP contribution in [0.5, 0.6) is 5.75 Å². The van der Waals surface area contributed by atoms with E-state index in [4.69, 9.17) is 18.9 Å². The molecule has 1 aliphatic heterocycles. The van der Waals surface area contributed by atoms with Gasteiger partial charge in [-0.3, -0.25) is 5.32 Å². The minimum Gasteiger partial charge on any atom is -0.504 e. The van der Waals surface area contributed by atoms with Crippen LogP contribution in [0.25, 0.3) is 6.08 Å². The zero-order chi connectivity index (χ0) is 19.0. The Bertz CT molecular complexity index is 632. The number of carbonyl (C=O) groups is 2. The van der Waals surface area contributed by atoms with Gasteiger partial charge in [-0.25, -0.2) is 9.59 Å². The van der Waals surface area contributed by atoms with Gasteiger partial charge in [-0.2, -0.15) is 0 Å². The predicted octanol–water partition coefficient (Wildman–Crippen LogP) is 3.10. The van der Waals surface area contributed by atoms with E-state index < -0.39 is 17.8 Å². The van der Waals surface area contributed by atoms with Gasteiger partial charge in [-0.05, 0) is 42.7 Å². The Labute approximate surface area is 153 Å². The highest BCUT2D eigenvalue weighted by atomic mass is 16.7. The molecule has 0 aliphatic carbocycles. The lowest BCUT2D eigenvalue weighted by Crippen LogP contribution is -2.54. The molecule has 0 aromatic heterocycles. The molecule has 0 radical (unpaired) electrons. The van der Waals surface area contributed by atoms with Crippen LogP contribution in [-0.4, -0.2) is 38.1 Å². The third kappa shape index (κ3) is 5.49. The number of carbonyl (C=O) groups excluding carboxylic acids is 2. The molecule has 0 spiro atoms. The molecule has 26 heavy (non-hydrogen) atoms. The number of hydrogen-bond donors (Lipinski definition) is 1. The van der Waals surface area contributed by atoms with Gasteiger partial charge in [0.25, 0.3) is 5.72 Å². The molecule has 1 aliphatic rings. The van der Waals surface area contributed by atoms with Crippen molar-refractivity contribution in [3.63, 3.8) is 0 Å². The van der Waals surface area contributed by atoms with Gasteiger partial charge in [0.05, 0.1) is 20.0 Å². The summed E-state index contributed by atoms with van der Waals surface area (Å²) < 4.78 is 20.5. The summed E-state index contributed by atoms with van der Waals surface area (Å²) in [6.07, 6.45) is 3.47. The van der Waals surface area contributed by atoms with Crippen molar-refractivity contribution in [1.82, 2.24) is 5.32 Å². The molecule has 142 valence electrons. The number of ether oxygens (including phenoxy) is 4. The zero-order valence-corrected chi connectivity index (χ0v) is 15.3. The molecule has 1 N–H and O–H groups in total. The topological polar surface area (TPSA) is 83.1 Å². The van der Waals surface area contributed by atoms with Crippen LogP contribution in [0.4, 0.5) is 4.79 Å². The number of nitrogens with one attached hydrogen (secondary N) is 1. The molecular formula is C19H25NO6. The first-order chi connectivity index (χ1) is 12.4. The number of hydrogen-bond acceptors (Lipinski definition) is 7. The van der Waals surface area contributed by atoms with E-state index >= 15 is 0 Å². The lowest BCUT2D eigenvalue weighted by molar-refractivity contribution is -0.159. The molecule has 1 atom stereocenters. The second kappa shape index (κ2) is 9.24. The smallest absolute Gasteiger partial charge is 0.504 e. The molecule has 1 saturated heterocycles. The largest absolute Gasteiger partial charge is 0.516 e. The predicted molar refractivity (Wildman–Crippen MR) is 95.4 cm³/mol. The summed E-state index contributed by atoms with van der Waals surface area (Å²) >= 11 is 0. The van der Waals surface area contributed by atoms with Gasteiger partial charge in [0.1, 0.15) is 5.75 Å². The summed E-state index contributed by atoms with van der Waals surface area (Å²) in [6.45, 7) is 4.56. The van der Waals surface area contributed by atoms with E-state index in [2.05, 4.69) is 5.32 Å². The third-order valence-electron chi connectivity index (χ3n) is 3.73. The second-order valence-corrected chi connectivity index (χ2v) is 6.41. The van der Waals surface area contributed by atoms with Gasteiger partial charge in [-0.1, -0.05) is 26.0 Å². The van der Waals surface area contributed by atoms with Crippen molar-refractivity contribution in [2.24, 2.45) is 5.92 Å². The molecule has 7 nitrogen and oxygen atoms in total. The van der Waals surface area contributed by atoms with Crippen LogP contribution in [0, 0.1) is 5.92 Å². The fourth-order valence-electron chi connectivity index (χ4n) is 2.44. The van der Waals surface area contributed by atoms with Crippen LogP contribution >= 0.6 is 0 Å². The van der Waals surface area contributed by atoms with Crippen molar-refractivity contribution >= 4 is 18.2 Å². The van der Waals surface area contributed by atoms with Gasteiger partial charge in [0, 0.05) is 6.42 Å². The van der Waals surface area contributed by atoms with E-state index in [1.807, 2.05) is 26.0 Å². The Morgan fingerprint density at radius 1 is 1.27 bits per heavy atom. The average molecular weight is 363 g/mol. The van der Waals surface area contributed by atoms with Gasteiger partial charge in [0.15, 0.2) is 0 Å². The Hall–Kier alpha value is -2.54. The molecule has 1 aromatic carbocycles. The Balaban J connectivity index is 2.03. The van der Waals surface area contributed by atoms with Crippen LogP contribution in [0.2, 0.25) is 0 Å². The molecule has 2 rings (SSSR count). The molecule has 0 bridgehead atoms. The molecule has 1 heterocycles. The molecule has 1 aromatic rings. The van der Waals surface area contributed by atoms with E-state index in [0.717, 1.165) is 12.0 Å². The molecule has 0 unspecified atom stereocenters. The van der Waals surface area contributed by atoms with Crippen LogP contribution in [0.1, 0.15) is 32.3 Å². The molecule has 0 saturated carbocycles. The molecule has 7 heteroatoms. The minimum atomic E-state index is -1.39. The van der Waals surface area contributed by atoms with Crippen molar-refractivity contribution in [2.75, 3.05) is 20.3 Å². The van der Waals surface area contributed by atoms with Crippen molar-refractivity contribution in [2.45, 2.75) is 32.4 Å². The SMILES string of the molecule is COC=Cc1ccc(O[C@@]2(C(=O)OC(=O)OCC(C)C)CCCN2)cc1. The fourth-order valence-corrected chi connectivity index (χ4v) is 2.44. The average Bonchev–Trinajstić information content (AvgIpc) is 3.09. The Kier molecular flexibility index (Phi) is 7.03. The monoisotopic (exact) mass is 363 g/mol. The highest BCUT2D eigenvalue weighted by molar-refractivity contribution is 5.88. The van der Waals surface area contributed by atoms with E-state index in [1.165, 1.54) is 0 Å². The van der Waals surface area contributed by atoms with E-state index in [9.17, 15) is 9.59 Å². The summed E-state index contributed by atoms with van der Waals surface area (Å²) in [5, 5.41) is 3.00. The van der Waals surface area contributed by atoms with Crippen molar-refractivity contribution in [3.8, 4) is 5.75 Å². The lowest BCUT2D eigenvalue weighted by atomic mass is 10.1. The first kappa shape index (κ1) is 19.8. The summed E-state index contributed by atoms with van der Waals surface area (Å²) in [5.74, 6) is -0.160. The fraction of sp³-hybridized carbons (Fsp3) is 0.474. The lowest BCUT2D eigenvalue weighted by Gasteiger charge is -2.27. The summed E-state index contributed by atoms with van der Waals surface area (Å²) in [5.41, 5.74) is -0.465. The number of rotatable bonds is 7. The molecule has 0 amide bonds. The minimum absolute atomic E-state index is 0.151. The standard InChI is InChI=1S/C19H25NO6/c1-14(2)13-24-18(22)25-17(21)19(10-4-11-20-19)26-16-7-5-15(6-8-16)9-12-23-3/h5-9,12,14,20H,4,10-11,13H2,1-3H3/t19-/m1/s1. The first-order valence-electron chi connectivity index (χ1n) is 8.57. The van der Waals surface area contributed by atoms with Crippen LogP contribution in [-0.2, 0) is 19.0 Å². The van der Waals surface area contributed by atoms with Crippen LogP contribution in [0.15, 0.2) is 30.5 Å². The summed E-state index contributed by atoms with van der Waals surface area (Å²) in [7, 11) is 1.57. The summed E-state index contributed by atoms with van der Waals surface area (Å²) in [4.78, 5) is 24.2. The maximum Gasteiger partial charge on any atom is 0.516 e. The summed E-state index contributed by atoms with van der Waals surface area (Å²) in [6, 6.07) is 7.13. The van der Waals surface area contributed by atoms with Crippen molar-refractivity contribution in [1.29, 1.82) is 0 Å². The first-order valence-corrected chi connectivity index (χ1v) is 8.57. The quantitative estimate of drug-likeness (QED) is 0.453. The van der Waals surface area contributed by atoms with E-state index in [0.29, 0.717) is 18.7 Å². The number of methoxy groups -OCH3 is 1. The normalized spacial score (nSPS) is 19.5. The number of benzene rings is 1. The second-order valence-electron chi connectivity index (χ2n) is 6.41. The van der Waals surface area contributed by atoms with Gasteiger partial charge in [-0.15, -0.1) is 0 Å². The molecule has 1 fully saturated rings. The van der Waals surface area contributed by atoms with Crippen molar-refractivity contribution in [3.05, 3.63) is 36.1 Å². The molecular weight excluding hydrogens is 338 g/mol. The van der Waals surface area contributed by atoms with Gasteiger partial charge < -0.3 is 18.9 Å². The van der Waals surface area contributed by atoms with Gasteiger partial charge >= 0.3 is 12.1 Å². The van der Waals surface area contributed by atoms with Crippen molar-refractivity contribution < 1.29 is 28.5 Å².